The topological polar surface area (TPSA) is 52.6 Å². The molecule has 0 bridgehead atoms. The summed E-state index contributed by atoms with van der Waals surface area (Å²) in [6.07, 6.45) is 1.19. The lowest BCUT2D eigenvalue weighted by Gasteiger charge is -2.14. The van der Waals surface area contributed by atoms with Crippen LogP contribution in [0.5, 0.6) is 0 Å². The summed E-state index contributed by atoms with van der Waals surface area (Å²) < 4.78 is 0. The predicted molar refractivity (Wildman–Crippen MR) is 46.3 cm³/mol. The third-order valence-electron chi connectivity index (χ3n) is 2.14. The molecule has 0 radical (unpaired) electrons. The van der Waals surface area contributed by atoms with Gasteiger partial charge in [0.25, 0.3) is 0 Å². The Bertz CT molecular complexity index is 161. The van der Waals surface area contributed by atoms with Crippen molar-refractivity contribution >= 4 is 6.09 Å². The average molecular weight is 172 g/mol. The number of amides is 1. The zero-order valence-electron chi connectivity index (χ0n) is 7.42. The van der Waals surface area contributed by atoms with Crippen LogP contribution in [-0.4, -0.2) is 41.8 Å². The molecule has 1 rings (SSSR count). The normalized spacial score (nSPS) is 24.2. The van der Waals surface area contributed by atoms with Crippen molar-refractivity contribution in [3.05, 3.63) is 0 Å². The molecule has 4 heteroatoms. The molecule has 1 saturated heterocycles. The average Bonchev–Trinajstić information content (AvgIpc) is 2.36. The minimum absolute atomic E-state index is 0.147. The Labute approximate surface area is 72.6 Å². The fourth-order valence-corrected chi connectivity index (χ4v) is 1.64. The van der Waals surface area contributed by atoms with E-state index in [4.69, 9.17) is 5.11 Å². The minimum Gasteiger partial charge on any atom is -0.465 e. The lowest BCUT2D eigenvalue weighted by molar-refractivity contribution is 0.189. The maximum absolute atomic E-state index is 10.3. The minimum atomic E-state index is -0.904. The van der Waals surface area contributed by atoms with Crippen LogP contribution in [-0.2, 0) is 0 Å². The molecular formula is C8H16N2O2. The molecule has 0 unspecified atom stereocenters. The lowest BCUT2D eigenvalue weighted by Crippen LogP contribution is -2.36. The molecule has 0 aromatic heterocycles. The SMILES string of the molecule is CCCN1CC[C@@H](NC(=O)O)C1. The standard InChI is InChI=1S/C8H16N2O2/c1-2-4-10-5-3-7(6-10)9-8(11)12/h7,9H,2-6H2,1H3,(H,11,12)/t7-/m1/s1. The first-order chi connectivity index (χ1) is 5.72. The van der Waals surface area contributed by atoms with Gasteiger partial charge in [0.05, 0.1) is 0 Å². The number of hydrogen-bond acceptors (Lipinski definition) is 2. The molecule has 12 heavy (non-hydrogen) atoms. The van der Waals surface area contributed by atoms with Crippen LogP contribution in [0.4, 0.5) is 4.79 Å². The molecule has 1 aliphatic rings. The maximum atomic E-state index is 10.3. The van der Waals surface area contributed by atoms with E-state index >= 15 is 0 Å². The van der Waals surface area contributed by atoms with Crippen LogP contribution < -0.4 is 5.32 Å². The summed E-state index contributed by atoms with van der Waals surface area (Å²) in [7, 11) is 0. The molecule has 1 fully saturated rings. The largest absolute Gasteiger partial charge is 0.465 e. The van der Waals surface area contributed by atoms with E-state index in [9.17, 15) is 4.79 Å². The molecule has 0 spiro atoms. The molecule has 1 aliphatic heterocycles. The van der Waals surface area contributed by atoms with Crippen LogP contribution in [0, 0.1) is 0 Å². The second-order valence-electron chi connectivity index (χ2n) is 3.24. The first kappa shape index (κ1) is 9.32. The molecule has 0 aromatic rings. The number of rotatable bonds is 3. The van der Waals surface area contributed by atoms with E-state index in [1.807, 2.05) is 0 Å². The highest BCUT2D eigenvalue weighted by Crippen LogP contribution is 2.08. The van der Waals surface area contributed by atoms with Gasteiger partial charge in [-0.1, -0.05) is 6.92 Å². The molecule has 1 atom stereocenters. The van der Waals surface area contributed by atoms with Crippen molar-refractivity contribution < 1.29 is 9.90 Å². The van der Waals surface area contributed by atoms with E-state index in [0.717, 1.165) is 32.5 Å². The lowest BCUT2D eigenvalue weighted by atomic mass is 10.3. The van der Waals surface area contributed by atoms with Crippen LogP contribution in [0.25, 0.3) is 0 Å². The van der Waals surface area contributed by atoms with Crippen LogP contribution in [0.3, 0.4) is 0 Å². The van der Waals surface area contributed by atoms with Crippen LogP contribution >= 0.6 is 0 Å². The first-order valence-electron chi connectivity index (χ1n) is 4.44. The van der Waals surface area contributed by atoms with E-state index in [1.165, 1.54) is 0 Å². The Morgan fingerprint density at radius 1 is 1.75 bits per heavy atom. The van der Waals surface area contributed by atoms with E-state index in [1.54, 1.807) is 0 Å². The van der Waals surface area contributed by atoms with Gasteiger partial charge in [0.15, 0.2) is 0 Å². The van der Waals surface area contributed by atoms with Gasteiger partial charge in [0.2, 0.25) is 0 Å². The number of nitrogens with one attached hydrogen (secondary N) is 1. The molecule has 1 heterocycles. The number of hydrogen-bond donors (Lipinski definition) is 2. The maximum Gasteiger partial charge on any atom is 0.404 e. The van der Waals surface area contributed by atoms with Gasteiger partial charge in [-0.05, 0) is 19.4 Å². The summed E-state index contributed by atoms with van der Waals surface area (Å²) in [5.74, 6) is 0. The summed E-state index contributed by atoms with van der Waals surface area (Å²) in [6, 6.07) is 0.147. The fourth-order valence-electron chi connectivity index (χ4n) is 1.64. The quantitative estimate of drug-likeness (QED) is 0.660. The van der Waals surface area contributed by atoms with Crippen molar-refractivity contribution in [2.75, 3.05) is 19.6 Å². The predicted octanol–water partition coefficient (Wildman–Crippen LogP) is 0.738. The smallest absolute Gasteiger partial charge is 0.404 e. The van der Waals surface area contributed by atoms with Gasteiger partial charge in [0.1, 0.15) is 0 Å². The molecule has 0 aromatic carbocycles. The van der Waals surface area contributed by atoms with Crippen LogP contribution in [0.15, 0.2) is 0 Å². The monoisotopic (exact) mass is 172 g/mol. The van der Waals surface area contributed by atoms with Crippen molar-refractivity contribution in [1.82, 2.24) is 10.2 Å². The molecule has 70 valence electrons. The number of likely N-dealkylation sites (tertiary alicyclic amines) is 1. The van der Waals surface area contributed by atoms with Crippen LogP contribution in [0.1, 0.15) is 19.8 Å². The zero-order valence-corrected chi connectivity index (χ0v) is 7.42. The molecule has 0 saturated carbocycles. The van der Waals surface area contributed by atoms with Crippen molar-refractivity contribution in [3.63, 3.8) is 0 Å². The number of carboxylic acid groups (broad SMARTS) is 1. The van der Waals surface area contributed by atoms with Gasteiger partial charge in [0, 0.05) is 19.1 Å². The van der Waals surface area contributed by atoms with Crippen molar-refractivity contribution in [1.29, 1.82) is 0 Å². The van der Waals surface area contributed by atoms with Gasteiger partial charge in [-0.15, -0.1) is 0 Å². The van der Waals surface area contributed by atoms with E-state index in [2.05, 4.69) is 17.1 Å². The molecule has 0 aliphatic carbocycles. The van der Waals surface area contributed by atoms with Crippen molar-refractivity contribution in [3.8, 4) is 0 Å². The van der Waals surface area contributed by atoms with Gasteiger partial charge < -0.3 is 15.3 Å². The van der Waals surface area contributed by atoms with E-state index in [0.29, 0.717) is 0 Å². The van der Waals surface area contributed by atoms with Gasteiger partial charge in [-0.2, -0.15) is 0 Å². The second-order valence-corrected chi connectivity index (χ2v) is 3.24. The first-order valence-corrected chi connectivity index (χ1v) is 4.44. The zero-order chi connectivity index (χ0) is 8.97. The third-order valence-corrected chi connectivity index (χ3v) is 2.14. The number of nitrogens with zero attached hydrogens (tertiary/aromatic N) is 1. The Hall–Kier alpha value is -0.770. The van der Waals surface area contributed by atoms with E-state index in [-0.39, 0.29) is 6.04 Å². The summed E-state index contributed by atoms with van der Waals surface area (Å²) >= 11 is 0. The van der Waals surface area contributed by atoms with Gasteiger partial charge in [-0.25, -0.2) is 4.79 Å². The highest BCUT2D eigenvalue weighted by atomic mass is 16.4. The highest BCUT2D eigenvalue weighted by Gasteiger charge is 2.22. The Morgan fingerprint density at radius 2 is 2.50 bits per heavy atom. The van der Waals surface area contributed by atoms with Crippen LogP contribution in [0.2, 0.25) is 0 Å². The molecule has 4 nitrogen and oxygen atoms in total. The Morgan fingerprint density at radius 3 is 3.08 bits per heavy atom. The third kappa shape index (κ3) is 2.70. The van der Waals surface area contributed by atoms with Gasteiger partial charge >= 0.3 is 6.09 Å². The van der Waals surface area contributed by atoms with Gasteiger partial charge in [-0.3, -0.25) is 0 Å². The second kappa shape index (κ2) is 4.30. The summed E-state index contributed by atoms with van der Waals surface area (Å²) in [5, 5.41) is 11.0. The molecule has 2 N–H and O–H groups in total. The van der Waals surface area contributed by atoms with Crippen molar-refractivity contribution in [2.24, 2.45) is 0 Å². The summed E-state index contributed by atoms with van der Waals surface area (Å²) in [6.45, 7) is 5.12. The molecule has 1 amide bonds. The van der Waals surface area contributed by atoms with E-state index < -0.39 is 6.09 Å². The Kier molecular flexibility index (Phi) is 3.34. The number of carbonyl (C=O) groups is 1. The Balaban J connectivity index is 2.21. The van der Waals surface area contributed by atoms with Crippen molar-refractivity contribution in [2.45, 2.75) is 25.8 Å². The fraction of sp³-hybridized carbons (Fsp3) is 0.875. The molecular weight excluding hydrogens is 156 g/mol. The summed E-state index contributed by atoms with van der Waals surface area (Å²) in [5.41, 5.74) is 0. The summed E-state index contributed by atoms with van der Waals surface area (Å²) in [4.78, 5) is 12.6. The highest BCUT2D eigenvalue weighted by molar-refractivity contribution is 5.64.